The lowest BCUT2D eigenvalue weighted by Crippen LogP contribution is -2.38. The number of fused-ring (bicyclic) bond motifs is 1. The quantitative estimate of drug-likeness (QED) is 0.928. The third-order valence-corrected chi connectivity index (χ3v) is 6.46. The molecule has 0 atom stereocenters. The number of nitrogens with one attached hydrogen (secondary N) is 1. The first-order valence-corrected chi connectivity index (χ1v) is 8.95. The van der Waals surface area contributed by atoms with Gasteiger partial charge in [0.2, 0.25) is 10.0 Å². The molecule has 0 unspecified atom stereocenters. The van der Waals surface area contributed by atoms with E-state index >= 15 is 0 Å². The van der Waals surface area contributed by atoms with Gasteiger partial charge in [-0.3, -0.25) is 0 Å². The topological polar surface area (TPSA) is 49.4 Å². The Morgan fingerprint density at radius 2 is 2.05 bits per heavy atom. The van der Waals surface area contributed by atoms with Crippen molar-refractivity contribution in [2.75, 3.05) is 18.4 Å². The Bertz CT molecular complexity index is 592. The summed E-state index contributed by atoms with van der Waals surface area (Å²) in [4.78, 5) is 0.453. The molecule has 5 heteroatoms. The van der Waals surface area contributed by atoms with Crippen molar-refractivity contribution >= 4 is 15.7 Å². The van der Waals surface area contributed by atoms with E-state index in [4.69, 9.17) is 0 Å². The van der Waals surface area contributed by atoms with E-state index < -0.39 is 10.0 Å². The fraction of sp³-hybridized carbons (Fsp3) is 0.600. The summed E-state index contributed by atoms with van der Waals surface area (Å²) in [7, 11) is -3.35. The molecule has 1 heterocycles. The molecule has 110 valence electrons. The average Bonchev–Trinajstić information content (AvgIpc) is 3.09. The van der Waals surface area contributed by atoms with Crippen LogP contribution < -0.4 is 5.32 Å². The Labute approximate surface area is 121 Å². The maximum atomic E-state index is 12.9. The molecule has 0 spiro atoms. The molecular formula is C15H22N2O2S. The van der Waals surface area contributed by atoms with Gasteiger partial charge in [-0.1, -0.05) is 19.8 Å². The Balaban J connectivity index is 1.93. The summed E-state index contributed by atoms with van der Waals surface area (Å²) in [5.74, 6) is 0. The van der Waals surface area contributed by atoms with E-state index in [1.165, 1.54) is 0 Å². The molecule has 1 aromatic rings. The van der Waals surface area contributed by atoms with Crippen molar-refractivity contribution in [1.29, 1.82) is 0 Å². The third kappa shape index (κ3) is 2.33. The first kappa shape index (κ1) is 13.9. The summed E-state index contributed by atoms with van der Waals surface area (Å²) >= 11 is 0. The smallest absolute Gasteiger partial charge is 0.243 e. The summed E-state index contributed by atoms with van der Waals surface area (Å²) in [5, 5.41) is 3.27. The van der Waals surface area contributed by atoms with Gasteiger partial charge in [-0.05, 0) is 43.0 Å². The number of benzene rings is 1. The molecule has 0 amide bonds. The number of hydrogen-bond donors (Lipinski definition) is 1. The summed E-state index contributed by atoms with van der Waals surface area (Å²) < 4.78 is 27.4. The van der Waals surface area contributed by atoms with E-state index in [9.17, 15) is 8.42 Å². The van der Waals surface area contributed by atoms with Crippen LogP contribution in [-0.2, 0) is 16.4 Å². The zero-order valence-electron chi connectivity index (χ0n) is 11.9. The van der Waals surface area contributed by atoms with E-state index in [0.717, 1.165) is 49.9 Å². The Morgan fingerprint density at radius 3 is 2.75 bits per heavy atom. The van der Waals surface area contributed by atoms with Gasteiger partial charge in [-0.25, -0.2) is 8.42 Å². The number of sulfonamides is 1. The van der Waals surface area contributed by atoms with Crippen LogP contribution in [-0.4, -0.2) is 31.9 Å². The average molecular weight is 294 g/mol. The molecule has 1 aliphatic heterocycles. The molecule has 1 aromatic carbocycles. The summed E-state index contributed by atoms with van der Waals surface area (Å²) in [6.45, 7) is 3.39. The van der Waals surface area contributed by atoms with Crippen LogP contribution in [0.15, 0.2) is 23.1 Å². The molecule has 4 nitrogen and oxygen atoms in total. The second kappa shape index (κ2) is 5.37. The van der Waals surface area contributed by atoms with Gasteiger partial charge in [-0.15, -0.1) is 0 Å². The van der Waals surface area contributed by atoms with E-state index in [2.05, 4.69) is 5.32 Å². The van der Waals surface area contributed by atoms with Crippen molar-refractivity contribution in [3.8, 4) is 0 Å². The summed E-state index contributed by atoms with van der Waals surface area (Å²) in [6.07, 6.45) is 5.20. The highest BCUT2D eigenvalue weighted by Crippen LogP contribution is 2.31. The van der Waals surface area contributed by atoms with Gasteiger partial charge in [0.15, 0.2) is 0 Å². The molecule has 1 fully saturated rings. The van der Waals surface area contributed by atoms with Gasteiger partial charge in [0, 0.05) is 24.8 Å². The Morgan fingerprint density at radius 1 is 1.30 bits per heavy atom. The minimum absolute atomic E-state index is 0.191. The maximum absolute atomic E-state index is 12.9. The lowest BCUT2D eigenvalue weighted by molar-refractivity contribution is 0.335. The lowest BCUT2D eigenvalue weighted by Gasteiger charge is -2.27. The number of rotatable bonds is 4. The van der Waals surface area contributed by atoms with Crippen molar-refractivity contribution in [1.82, 2.24) is 4.31 Å². The van der Waals surface area contributed by atoms with Gasteiger partial charge in [0.25, 0.3) is 0 Å². The predicted molar refractivity (Wildman–Crippen MR) is 80.5 cm³/mol. The first-order valence-electron chi connectivity index (χ1n) is 7.51. The lowest BCUT2D eigenvalue weighted by atomic mass is 10.2. The SMILES string of the molecule is CCN(C1CCCC1)S(=O)(=O)c1ccc2c(c1)CCN2. The highest BCUT2D eigenvalue weighted by atomic mass is 32.2. The Kier molecular flexibility index (Phi) is 3.73. The minimum Gasteiger partial charge on any atom is -0.384 e. The number of nitrogens with zero attached hydrogens (tertiary/aromatic N) is 1. The second-order valence-electron chi connectivity index (χ2n) is 5.64. The van der Waals surface area contributed by atoms with Gasteiger partial charge in [0.05, 0.1) is 4.90 Å². The summed E-state index contributed by atoms with van der Waals surface area (Å²) in [6, 6.07) is 5.68. The van der Waals surface area contributed by atoms with Gasteiger partial charge >= 0.3 is 0 Å². The van der Waals surface area contributed by atoms with Crippen LogP contribution in [0.4, 0.5) is 5.69 Å². The van der Waals surface area contributed by atoms with Crippen molar-refractivity contribution in [3.63, 3.8) is 0 Å². The van der Waals surface area contributed by atoms with Crippen LogP contribution in [0.3, 0.4) is 0 Å². The molecule has 2 aliphatic rings. The van der Waals surface area contributed by atoms with Crippen molar-refractivity contribution in [3.05, 3.63) is 23.8 Å². The zero-order valence-corrected chi connectivity index (χ0v) is 12.7. The van der Waals surface area contributed by atoms with Crippen LogP contribution in [0.5, 0.6) is 0 Å². The molecule has 0 radical (unpaired) electrons. The second-order valence-corrected chi connectivity index (χ2v) is 7.53. The zero-order chi connectivity index (χ0) is 14.2. The normalized spacial score (nSPS) is 19.3. The van der Waals surface area contributed by atoms with Crippen LogP contribution in [0.25, 0.3) is 0 Å². The number of hydrogen-bond acceptors (Lipinski definition) is 3. The molecule has 1 saturated carbocycles. The van der Waals surface area contributed by atoms with E-state index in [-0.39, 0.29) is 6.04 Å². The van der Waals surface area contributed by atoms with Crippen LogP contribution in [0.2, 0.25) is 0 Å². The van der Waals surface area contributed by atoms with Crippen LogP contribution in [0, 0.1) is 0 Å². The molecule has 1 aliphatic carbocycles. The number of anilines is 1. The van der Waals surface area contributed by atoms with Crippen molar-refractivity contribution in [2.24, 2.45) is 0 Å². The summed E-state index contributed by atoms with van der Waals surface area (Å²) in [5.41, 5.74) is 2.20. The molecule has 0 saturated heterocycles. The van der Waals surface area contributed by atoms with E-state index in [1.54, 1.807) is 10.4 Å². The highest BCUT2D eigenvalue weighted by Gasteiger charge is 2.32. The predicted octanol–water partition coefficient (Wildman–Crippen LogP) is 2.61. The molecule has 20 heavy (non-hydrogen) atoms. The fourth-order valence-corrected chi connectivity index (χ4v) is 5.14. The van der Waals surface area contributed by atoms with E-state index in [1.807, 2.05) is 19.1 Å². The third-order valence-electron chi connectivity index (χ3n) is 4.44. The minimum atomic E-state index is -3.35. The maximum Gasteiger partial charge on any atom is 0.243 e. The van der Waals surface area contributed by atoms with Gasteiger partial charge < -0.3 is 5.32 Å². The largest absolute Gasteiger partial charge is 0.384 e. The molecule has 0 aromatic heterocycles. The molecule has 3 rings (SSSR count). The standard InChI is InChI=1S/C15H22N2O2S/c1-2-17(13-5-3-4-6-13)20(18,19)14-7-8-15-12(11-14)9-10-16-15/h7-8,11,13,16H,2-6,9-10H2,1H3. The molecular weight excluding hydrogens is 272 g/mol. The van der Waals surface area contributed by atoms with E-state index in [0.29, 0.717) is 11.4 Å². The first-order chi connectivity index (χ1) is 9.63. The fourth-order valence-electron chi connectivity index (χ4n) is 3.39. The van der Waals surface area contributed by atoms with Crippen LogP contribution in [0.1, 0.15) is 38.2 Å². The molecule has 1 N–H and O–H groups in total. The van der Waals surface area contributed by atoms with Crippen molar-refractivity contribution < 1.29 is 8.42 Å². The highest BCUT2D eigenvalue weighted by molar-refractivity contribution is 7.89. The van der Waals surface area contributed by atoms with Crippen molar-refractivity contribution in [2.45, 2.75) is 50.0 Å². The van der Waals surface area contributed by atoms with Crippen LogP contribution >= 0.6 is 0 Å². The Hall–Kier alpha value is -1.07. The van der Waals surface area contributed by atoms with Gasteiger partial charge in [-0.2, -0.15) is 4.31 Å². The molecule has 0 bridgehead atoms. The van der Waals surface area contributed by atoms with Gasteiger partial charge in [0.1, 0.15) is 0 Å². The monoisotopic (exact) mass is 294 g/mol.